The highest BCUT2D eigenvalue weighted by molar-refractivity contribution is 7.80. The van der Waals surface area contributed by atoms with Crippen LogP contribution in [-0.2, 0) is 9.59 Å². The van der Waals surface area contributed by atoms with Gasteiger partial charge in [-0.3, -0.25) is 15.0 Å². The van der Waals surface area contributed by atoms with Gasteiger partial charge in [0, 0.05) is 18.7 Å². The molecule has 1 fully saturated rings. The van der Waals surface area contributed by atoms with Crippen LogP contribution in [0.2, 0.25) is 0 Å². The molecule has 2 amide bonds. The molecule has 0 aromatic heterocycles. The van der Waals surface area contributed by atoms with Crippen LogP contribution in [0.5, 0.6) is 11.5 Å². The first kappa shape index (κ1) is 12.8. The smallest absolute Gasteiger partial charge is 0.243 e. The van der Waals surface area contributed by atoms with Crippen molar-refractivity contribution in [1.29, 1.82) is 0 Å². The predicted molar refractivity (Wildman–Crippen MR) is 69.4 cm³/mol. The highest BCUT2D eigenvalue weighted by atomic mass is 32.1. The third kappa shape index (κ3) is 2.76. The van der Waals surface area contributed by atoms with Crippen LogP contribution in [0.1, 0.15) is 13.3 Å². The molecule has 0 saturated carbocycles. The molecule has 0 radical (unpaired) electrons. The highest BCUT2D eigenvalue weighted by Gasteiger charge is 2.35. The molecule has 1 saturated heterocycles. The number of β-lactam (4-membered cyclic amide) rings is 1. The summed E-state index contributed by atoms with van der Waals surface area (Å²) >= 11 is 4.02. The number of carbonyl (C=O) groups excluding carboxylic acids is 2. The monoisotopic (exact) mass is 266 g/mol. The fourth-order valence-corrected chi connectivity index (χ4v) is 1.92. The van der Waals surface area contributed by atoms with Crippen LogP contribution in [0, 0.1) is 0 Å². The zero-order chi connectivity index (χ0) is 13.1. The number of hydrazine groups is 1. The maximum absolute atomic E-state index is 10.8. The van der Waals surface area contributed by atoms with Gasteiger partial charge in [0.2, 0.25) is 11.8 Å². The molecule has 1 aromatic carbocycles. The van der Waals surface area contributed by atoms with Crippen molar-refractivity contribution in [3.63, 3.8) is 0 Å². The minimum Gasteiger partial charge on any atom is -0.457 e. The summed E-state index contributed by atoms with van der Waals surface area (Å²) in [4.78, 5) is 21.3. The molecule has 1 atom stereocenters. The van der Waals surface area contributed by atoms with Gasteiger partial charge in [-0.25, -0.2) is 5.01 Å². The van der Waals surface area contributed by atoms with E-state index in [4.69, 9.17) is 4.74 Å². The van der Waals surface area contributed by atoms with Crippen molar-refractivity contribution < 1.29 is 14.3 Å². The van der Waals surface area contributed by atoms with Gasteiger partial charge in [0.15, 0.2) is 0 Å². The molecule has 1 N–H and O–H groups in total. The molecule has 5 nitrogen and oxygen atoms in total. The van der Waals surface area contributed by atoms with Crippen LogP contribution in [-0.4, -0.2) is 28.6 Å². The molecule has 0 spiro atoms. The third-order valence-corrected chi connectivity index (χ3v) is 3.00. The van der Waals surface area contributed by atoms with E-state index in [2.05, 4.69) is 18.1 Å². The number of amides is 2. The Hall–Kier alpha value is -1.69. The van der Waals surface area contributed by atoms with Crippen molar-refractivity contribution in [1.82, 2.24) is 10.4 Å². The molecule has 4 rings (SSSR count). The lowest BCUT2D eigenvalue weighted by Gasteiger charge is -2.38. The SMILES string of the molecule is CC(=O)NN1C(=O)CC1CS.c1cc2cc(c1)O2. The summed E-state index contributed by atoms with van der Waals surface area (Å²) in [5.41, 5.74) is 2.43. The second-order valence-corrected chi connectivity index (χ2v) is 4.41. The summed E-state index contributed by atoms with van der Waals surface area (Å²) in [5, 5.41) is 1.33. The Kier molecular flexibility index (Phi) is 3.76. The van der Waals surface area contributed by atoms with Gasteiger partial charge in [0.1, 0.15) is 11.5 Å². The van der Waals surface area contributed by atoms with Crippen LogP contribution in [0.25, 0.3) is 0 Å². The van der Waals surface area contributed by atoms with Crippen molar-refractivity contribution >= 4 is 24.4 Å². The van der Waals surface area contributed by atoms with Crippen molar-refractivity contribution in [2.24, 2.45) is 0 Å². The van der Waals surface area contributed by atoms with Crippen LogP contribution in [0.15, 0.2) is 24.3 Å². The third-order valence-electron chi connectivity index (χ3n) is 2.57. The quantitative estimate of drug-likeness (QED) is 0.637. The van der Waals surface area contributed by atoms with Crippen LogP contribution >= 0.6 is 12.6 Å². The molecule has 96 valence electrons. The molecule has 18 heavy (non-hydrogen) atoms. The van der Waals surface area contributed by atoms with E-state index in [9.17, 15) is 9.59 Å². The molecule has 1 unspecified atom stereocenters. The number of thiol groups is 1. The number of carbonyl (C=O) groups is 2. The number of nitrogens with zero attached hydrogens (tertiary/aromatic N) is 1. The number of fused-ring (bicyclic) bond motifs is 2. The van der Waals surface area contributed by atoms with Gasteiger partial charge in [0.25, 0.3) is 0 Å². The molecule has 6 heteroatoms. The summed E-state index contributed by atoms with van der Waals surface area (Å²) < 4.78 is 5.01. The first-order valence-corrected chi connectivity index (χ1v) is 6.21. The zero-order valence-corrected chi connectivity index (χ0v) is 10.8. The second kappa shape index (κ2) is 5.30. The van der Waals surface area contributed by atoms with Gasteiger partial charge in [0.05, 0.1) is 12.5 Å². The van der Waals surface area contributed by atoms with E-state index in [0.29, 0.717) is 12.2 Å². The van der Waals surface area contributed by atoms with E-state index >= 15 is 0 Å². The van der Waals surface area contributed by atoms with Crippen molar-refractivity contribution in [2.45, 2.75) is 19.4 Å². The average molecular weight is 266 g/mol. The average Bonchev–Trinajstić information content (AvgIpc) is 2.34. The second-order valence-electron chi connectivity index (χ2n) is 4.05. The molecule has 1 aromatic rings. The summed E-state index contributed by atoms with van der Waals surface area (Å²) in [6, 6.07) is 7.93. The normalized spacial score (nSPS) is 18.7. The van der Waals surface area contributed by atoms with E-state index in [1.165, 1.54) is 11.9 Å². The summed E-state index contributed by atoms with van der Waals surface area (Å²) in [6.07, 6.45) is 0.490. The maximum atomic E-state index is 10.8. The van der Waals surface area contributed by atoms with E-state index in [1.807, 2.05) is 24.3 Å². The van der Waals surface area contributed by atoms with E-state index < -0.39 is 0 Å². The van der Waals surface area contributed by atoms with Crippen LogP contribution in [0.4, 0.5) is 0 Å². The summed E-state index contributed by atoms with van der Waals surface area (Å²) in [6.45, 7) is 1.38. The Bertz CT molecular complexity index is 453. The Balaban J connectivity index is 0.000000146. The molecule has 3 heterocycles. The van der Waals surface area contributed by atoms with Gasteiger partial charge >= 0.3 is 0 Å². The Morgan fingerprint density at radius 2 is 2.17 bits per heavy atom. The zero-order valence-electron chi connectivity index (χ0n) is 9.92. The van der Waals surface area contributed by atoms with E-state index in [1.54, 1.807) is 0 Å². The molecule has 3 aliphatic heterocycles. The van der Waals surface area contributed by atoms with Gasteiger partial charge in [-0.15, -0.1) is 0 Å². The van der Waals surface area contributed by atoms with E-state index in [0.717, 1.165) is 11.5 Å². The van der Waals surface area contributed by atoms with Gasteiger partial charge in [-0.05, 0) is 12.1 Å². The first-order chi connectivity index (χ1) is 8.60. The van der Waals surface area contributed by atoms with Crippen LogP contribution in [0.3, 0.4) is 0 Å². The first-order valence-electron chi connectivity index (χ1n) is 5.58. The van der Waals surface area contributed by atoms with Crippen LogP contribution < -0.4 is 10.2 Å². The van der Waals surface area contributed by atoms with E-state index in [-0.39, 0.29) is 17.9 Å². The summed E-state index contributed by atoms with van der Waals surface area (Å²) in [5.74, 6) is 2.30. The number of rotatable bonds is 2. The lowest BCUT2D eigenvalue weighted by molar-refractivity contribution is -0.154. The minimum atomic E-state index is -0.218. The Labute approximate surface area is 110 Å². The van der Waals surface area contributed by atoms with Crippen molar-refractivity contribution in [2.75, 3.05) is 5.75 Å². The van der Waals surface area contributed by atoms with Gasteiger partial charge < -0.3 is 4.74 Å². The Morgan fingerprint density at radius 3 is 2.44 bits per heavy atom. The van der Waals surface area contributed by atoms with Gasteiger partial charge in [-0.2, -0.15) is 12.6 Å². The number of benzene rings is 1. The summed E-state index contributed by atoms with van der Waals surface area (Å²) in [7, 11) is 0. The minimum absolute atomic E-state index is 0.0424. The number of hydrogen-bond acceptors (Lipinski definition) is 4. The lowest BCUT2D eigenvalue weighted by Crippen LogP contribution is -2.61. The molecular weight excluding hydrogens is 252 g/mol. The highest BCUT2D eigenvalue weighted by Crippen LogP contribution is 2.32. The molecule has 0 aliphatic carbocycles. The maximum Gasteiger partial charge on any atom is 0.243 e. The topological polar surface area (TPSA) is 58.6 Å². The number of ether oxygens (including phenoxy) is 1. The fraction of sp³-hybridized carbons (Fsp3) is 0.333. The van der Waals surface area contributed by atoms with Crippen molar-refractivity contribution in [3.8, 4) is 11.5 Å². The Morgan fingerprint density at radius 1 is 1.56 bits per heavy atom. The largest absolute Gasteiger partial charge is 0.457 e. The predicted octanol–water partition coefficient (Wildman–Crippen LogP) is 1.36. The van der Waals surface area contributed by atoms with Crippen molar-refractivity contribution in [3.05, 3.63) is 24.3 Å². The molecular formula is C12H14N2O3S. The van der Waals surface area contributed by atoms with Gasteiger partial charge in [-0.1, -0.05) is 6.07 Å². The fourth-order valence-electron chi connectivity index (χ4n) is 1.63. The molecule has 3 aliphatic rings. The number of hydrogen-bond donors (Lipinski definition) is 2. The number of nitrogens with one attached hydrogen (secondary N) is 1. The molecule has 2 bridgehead atoms. The lowest BCUT2D eigenvalue weighted by atomic mass is 10.1. The standard InChI is InChI=1S/C6H10N2O2S.C6H4O/c1-4(9)7-8-5(3-11)2-6(8)10;1-2-5-4-6(3-1)7-5/h5,11H,2-3H2,1H3,(H,7,9);1-4H.